The predicted molar refractivity (Wildman–Crippen MR) is 82.4 cm³/mol. The Bertz CT molecular complexity index is 531. The molecule has 0 aliphatic heterocycles. The van der Waals surface area contributed by atoms with E-state index in [-0.39, 0.29) is 5.41 Å². The summed E-state index contributed by atoms with van der Waals surface area (Å²) in [5.41, 5.74) is 3.74. The van der Waals surface area contributed by atoms with Crippen LogP contribution in [0.3, 0.4) is 0 Å². The van der Waals surface area contributed by atoms with Crippen LogP contribution in [-0.4, -0.2) is 12.9 Å². The molecule has 0 saturated heterocycles. The van der Waals surface area contributed by atoms with Crippen molar-refractivity contribution in [3.8, 4) is 0 Å². The van der Waals surface area contributed by atoms with Crippen molar-refractivity contribution in [3.63, 3.8) is 0 Å². The summed E-state index contributed by atoms with van der Waals surface area (Å²) < 4.78 is 0. The zero-order valence-corrected chi connectivity index (χ0v) is 12.2. The Kier molecular flexibility index (Phi) is 3.89. The lowest BCUT2D eigenvalue weighted by Gasteiger charge is -2.30. The van der Waals surface area contributed by atoms with Gasteiger partial charge >= 0.3 is 0 Å². The maximum Gasteiger partial charge on any atom is 0.132 e. The van der Waals surface area contributed by atoms with Gasteiger partial charge in [0.05, 0.1) is 0 Å². The number of allylic oxidation sites excluding steroid dienone is 4. The van der Waals surface area contributed by atoms with E-state index in [0.29, 0.717) is 0 Å². The normalized spacial score (nSPS) is 18.1. The Hall–Kier alpha value is -1.83. The fourth-order valence-corrected chi connectivity index (χ4v) is 2.17. The molecular formula is C17H22N2. The molecule has 0 radical (unpaired) electrons. The molecule has 1 aliphatic rings. The van der Waals surface area contributed by atoms with Crippen molar-refractivity contribution in [2.75, 3.05) is 7.05 Å². The highest BCUT2D eigenvalue weighted by atomic mass is 15.0. The number of hydrogen-bond acceptors (Lipinski definition) is 1. The first-order valence-electron chi connectivity index (χ1n) is 6.71. The Labute approximate surface area is 116 Å². The van der Waals surface area contributed by atoms with Gasteiger partial charge in [0.25, 0.3) is 0 Å². The van der Waals surface area contributed by atoms with Gasteiger partial charge < -0.3 is 5.32 Å². The van der Waals surface area contributed by atoms with Crippen LogP contribution in [-0.2, 0) is 0 Å². The topological polar surface area (TPSA) is 24.4 Å². The molecule has 0 amide bonds. The van der Waals surface area contributed by atoms with E-state index in [1.807, 2.05) is 7.05 Å². The number of benzene rings is 1. The van der Waals surface area contributed by atoms with Crippen LogP contribution < -0.4 is 5.32 Å². The summed E-state index contributed by atoms with van der Waals surface area (Å²) in [5, 5.41) is 3.49. The van der Waals surface area contributed by atoms with Crippen LogP contribution in [0.1, 0.15) is 31.4 Å². The minimum Gasteiger partial charge on any atom is -0.343 e. The van der Waals surface area contributed by atoms with Gasteiger partial charge in [-0.3, -0.25) is 4.99 Å². The Morgan fingerprint density at radius 1 is 1.21 bits per heavy atom. The number of amidine groups is 1. The van der Waals surface area contributed by atoms with Crippen LogP contribution in [0.4, 0.5) is 0 Å². The SMILES string of the molecule is CN=C(NC1=CC=CCC1(C)C)c1ccc(C)cc1. The molecule has 1 aromatic rings. The largest absolute Gasteiger partial charge is 0.343 e. The van der Waals surface area contributed by atoms with Crippen molar-refractivity contribution in [3.05, 3.63) is 59.3 Å². The molecule has 2 nitrogen and oxygen atoms in total. The third kappa shape index (κ3) is 3.14. The first-order valence-corrected chi connectivity index (χ1v) is 6.71. The minimum atomic E-state index is 0.134. The molecule has 0 bridgehead atoms. The van der Waals surface area contributed by atoms with Crippen LogP contribution in [0, 0.1) is 12.3 Å². The summed E-state index contributed by atoms with van der Waals surface area (Å²) in [4.78, 5) is 4.39. The molecule has 1 aliphatic carbocycles. The number of hydrogen-bond donors (Lipinski definition) is 1. The molecule has 2 rings (SSSR count). The van der Waals surface area contributed by atoms with Gasteiger partial charge in [0.2, 0.25) is 0 Å². The van der Waals surface area contributed by atoms with Crippen molar-refractivity contribution < 1.29 is 0 Å². The Morgan fingerprint density at radius 3 is 2.47 bits per heavy atom. The molecule has 0 saturated carbocycles. The Morgan fingerprint density at radius 2 is 1.89 bits per heavy atom. The van der Waals surface area contributed by atoms with Crippen LogP contribution in [0.5, 0.6) is 0 Å². The van der Waals surface area contributed by atoms with Gasteiger partial charge in [-0.05, 0) is 19.4 Å². The van der Waals surface area contributed by atoms with Crippen LogP contribution in [0.15, 0.2) is 53.2 Å². The fourth-order valence-electron chi connectivity index (χ4n) is 2.17. The van der Waals surface area contributed by atoms with E-state index < -0.39 is 0 Å². The molecule has 19 heavy (non-hydrogen) atoms. The van der Waals surface area contributed by atoms with E-state index in [1.54, 1.807) is 0 Å². The molecule has 0 unspecified atom stereocenters. The second-order valence-electron chi connectivity index (χ2n) is 5.66. The molecular weight excluding hydrogens is 232 g/mol. The van der Waals surface area contributed by atoms with Gasteiger partial charge in [0, 0.05) is 23.7 Å². The van der Waals surface area contributed by atoms with Gasteiger partial charge in [0.1, 0.15) is 5.84 Å². The highest BCUT2D eigenvalue weighted by molar-refractivity contribution is 5.99. The van der Waals surface area contributed by atoms with Crippen LogP contribution in [0.2, 0.25) is 0 Å². The number of rotatable bonds is 2. The van der Waals surface area contributed by atoms with Gasteiger partial charge in [-0.2, -0.15) is 0 Å². The van der Waals surface area contributed by atoms with E-state index >= 15 is 0 Å². The molecule has 0 spiro atoms. The zero-order valence-electron chi connectivity index (χ0n) is 12.2. The quantitative estimate of drug-likeness (QED) is 0.629. The first-order chi connectivity index (χ1) is 9.03. The number of aliphatic imine (C=N–C) groups is 1. The minimum absolute atomic E-state index is 0.134. The second-order valence-corrected chi connectivity index (χ2v) is 5.66. The molecule has 2 heteroatoms. The smallest absolute Gasteiger partial charge is 0.132 e. The zero-order chi connectivity index (χ0) is 13.9. The summed E-state index contributed by atoms with van der Waals surface area (Å²) in [5.74, 6) is 0.926. The molecule has 0 fully saturated rings. The summed E-state index contributed by atoms with van der Waals surface area (Å²) in [6.45, 7) is 6.59. The lowest BCUT2D eigenvalue weighted by molar-refractivity contribution is 0.431. The van der Waals surface area contributed by atoms with Crippen LogP contribution >= 0.6 is 0 Å². The van der Waals surface area contributed by atoms with Crippen molar-refractivity contribution in [2.24, 2.45) is 10.4 Å². The molecule has 100 valence electrons. The van der Waals surface area contributed by atoms with Crippen molar-refractivity contribution >= 4 is 5.84 Å². The highest BCUT2D eigenvalue weighted by Crippen LogP contribution is 2.31. The third-order valence-corrected chi connectivity index (χ3v) is 3.56. The fraction of sp³-hybridized carbons (Fsp3) is 0.353. The van der Waals surface area contributed by atoms with E-state index in [0.717, 1.165) is 17.8 Å². The average Bonchev–Trinajstić information content (AvgIpc) is 2.38. The van der Waals surface area contributed by atoms with Crippen molar-refractivity contribution in [2.45, 2.75) is 27.2 Å². The maximum absolute atomic E-state index is 4.39. The first kappa shape index (κ1) is 13.6. The van der Waals surface area contributed by atoms with Gasteiger partial charge in [0.15, 0.2) is 0 Å². The third-order valence-electron chi connectivity index (χ3n) is 3.56. The lowest BCUT2D eigenvalue weighted by atomic mass is 9.82. The average molecular weight is 254 g/mol. The molecule has 1 N–H and O–H groups in total. The van der Waals surface area contributed by atoms with E-state index in [2.05, 4.69) is 73.6 Å². The number of aryl methyl sites for hydroxylation is 1. The van der Waals surface area contributed by atoms with Gasteiger partial charge in [-0.1, -0.05) is 55.8 Å². The van der Waals surface area contributed by atoms with E-state index in [4.69, 9.17) is 0 Å². The van der Waals surface area contributed by atoms with Gasteiger partial charge in [-0.15, -0.1) is 0 Å². The summed E-state index contributed by atoms with van der Waals surface area (Å²) in [6.07, 6.45) is 7.51. The summed E-state index contributed by atoms with van der Waals surface area (Å²) >= 11 is 0. The summed E-state index contributed by atoms with van der Waals surface area (Å²) in [7, 11) is 1.83. The molecule has 0 atom stereocenters. The Balaban J connectivity index is 2.23. The van der Waals surface area contributed by atoms with Crippen molar-refractivity contribution in [1.29, 1.82) is 0 Å². The van der Waals surface area contributed by atoms with Crippen molar-refractivity contribution in [1.82, 2.24) is 5.32 Å². The molecule has 0 heterocycles. The second kappa shape index (κ2) is 5.43. The van der Waals surface area contributed by atoms with Gasteiger partial charge in [-0.25, -0.2) is 0 Å². The number of nitrogens with one attached hydrogen (secondary N) is 1. The summed E-state index contributed by atoms with van der Waals surface area (Å²) in [6, 6.07) is 8.44. The predicted octanol–water partition coefficient (Wildman–Crippen LogP) is 3.83. The molecule has 1 aromatic carbocycles. The highest BCUT2D eigenvalue weighted by Gasteiger charge is 2.24. The van der Waals surface area contributed by atoms with E-state index in [9.17, 15) is 0 Å². The monoisotopic (exact) mass is 254 g/mol. The van der Waals surface area contributed by atoms with E-state index in [1.165, 1.54) is 11.3 Å². The number of nitrogens with zero attached hydrogens (tertiary/aromatic N) is 1. The maximum atomic E-state index is 4.39. The lowest BCUT2D eigenvalue weighted by Crippen LogP contribution is -2.33. The molecule has 0 aromatic heterocycles. The van der Waals surface area contributed by atoms with Crippen LogP contribution in [0.25, 0.3) is 0 Å². The standard InChI is InChI=1S/C17H22N2/c1-13-8-10-14(11-9-13)16(18-4)19-15-7-5-6-12-17(15,2)3/h5-11H,12H2,1-4H3,(H,18,19).